The molecule has 1 unspecified atom stereocenters. The van der Waals surface area contributed by atoms with Crippen LogP contribution in [0, 0.1) is 5.82 Å². The molecule has 1 heterocycles. The predicted octanol–water partition coefficient (Wildman–Crippen LogP) is 4.13. The van der Waals surface area contributed by atoms with Crippen molar-refractivity contribution in [1.29, 1.82) is 0 Å². The fourth-order valence-electron chi connectivity index (χ4n) is 3.32. The van der Waals surface area contributed by atoms with Crippen LogP contribution in [0.1, 0.15) is 37.8 Å². The smallest absolute Gasteiger partial charge is 0.264 e. The largest absolute Gasteiger partial charge is 0.292 e. The van der Waals surface area contributed by atoms with Crippen molar-refractivity contribution in [2.24, 2.45) is 0 Å². The average Bonchev–Trinajstić information content (AvgIpc) is 3.00. The highest BCUT2D eigenvalue weighted by Gasteiger charge is 2.27. The van der Waals surface area contributed by atoms with Crippen LogP contribution in [0.3, 0.4) is 0 Å². The first-order valence-electron chi connectivity index (χ1n) is 8.54. The molecule has 0 saturated carbocycles. The first-order chi connectivity index (χ1) is 11.9. The van der Waals surface area contributed by atoms with Gasteiger partial charge in [-0.05, 0) is 42.7 Å². The molecule has 3 rings (SSSR count). The number of anilines is 1. The van der Waals surface area contributed by atoms with Gasteiger partial charge in [-0.2, -0.15) is 0 Å². The van der Waals surface area contributed by atoms with E-state index >= 15 is 0 Å². The van der Waals surface area contributed by atoms with E-state index in [0.29, 0.717) is 18.3 Å². The molecule has 0 radical (unpaired) electrons. The number of nitrogens with zero attached hydrogens (tertiary/aromatic N) is 1. The number of benzene rings is 2. The molecule has 0 aromatic heterocycles. The first kappa shape index (κ1) is 17.9. The Bertz CT molecular complexity index is 867. The van der Waals surface area contributed by atoms with Crippen LogP contribution in [-0.2, 0) is 23.1 Å². The van der Waals surface area contributed by atoms with E-state index in [4.69, 9.17) is 0 Å². The molecule has 25 heavy (non-hydrogen) atoms. The molecule has 0 fully saturated rings. The molecule has 0 bridgehead atoms. The number of rotatable bonds is 6. The fraction of sp³-hybridized carbons (Fsp3) is 0.368. The summed E-state index contributed by atoms with van der Waals surface area (Å²) in [7, 11) is -3.96. The maximum absolute atomic E-state index is 13.9. The minimum atomic E-state index is -3.96. The van der Waals surface area contributed by atoms with Crippen molar-refractivity contribution in [2.75, 3.05) is 4.72 Å². The normalized spacial score (nSPS) is 15.8. The van der Waals surface area contributed by atoms with Crippen LogP contribution in [0.5, 0.6) is 0 Å². The van der Waals surface area contributed by atoms with Gasteiger partial charge in [0.05, 0.1) is 5.69 Å². The minimum absolute atomic E-state index is 0.332. The number of halogens is 1. The molecule has 1 aliphatic rings. The molecule has 6 heteroatoms. The van der Waals surface area contributed by atoms with E-state index in [-0.39, 0.29) is 4.90 Å². The summed E-state index contributed by atoms with van der Waals surface area (Å²) >= 11 is 0. The van der Waals surface area contributed by atoms with Gasteiger partial charge in [0.1, 0.15) is 10.7 Å². The molecule has 1 N–H and O–H groups in total. The topological polar surface area (TPSA) is 49.4 Å². The van der Waals surface area contributed by atoms with Gasteiger partial charge in [-0.25, -0.2) is 12.8 Å². The number of fused-ring (bicyclic) bond motifs is 1. The SMILES string of the molecule is CCCC(C)N1Cc2cccc(NS(=O)(=O)c3ccccc3F)c2C1. The van der Waals surface area contributed by atoms with Crippen molar-refractivity contribution in [3.8, 4) is 0 Å². The quantitative estimate of drug-likeness (QED) is 0.840. The van der Waals surface area contributed by atoms with Crippen molar-refractivity contribution in [3.05, 3.63) is 59.4 Å². The predicted molar refractivity (Wildman–Crippen MR) is 97.3 cm³/mol. The number of nitrogens with one attached hydrogen (secondary N) is 1. The van der Waals surface area contributed by atoms with Gasteiger partial charge in [0.15, 0.2) is 0 Å². The molecular formula is C19H23FN2O2S. The lowest BCUT2D eigenvalue weighted by Gasteiger charge is -2.23. The van der Waals surface area contributed by atoms with E-state index in [1.807, 2.05) is 12.1 Å². The van der Waals surface area contributed by atoms with Gasteiger partial charge in [0.2, 0.25) is 0 Å². The van der Waals surface area contributed by atoms with Gasteiger partial charge in [0, 0.05) is 19.1 Å². The van der Waals surface area contributed by atoms with Crippen molar-refractivity contribution >= 4 is 15.7 Å². The van der Waals surface area contributed by atoms with Crippen LogP contribution in [0.25, 0.3) is 0 Å². The summed E-state index contributed by atoms with van der Waals surface area (Å²) < 4.78 is 41.6. The van der Waals surface area contributed by atoms with Crippen LogP contribution in [0.15, 0.2) is 47.4 Å². The zero-order chi connectivity index (χ0) is 18.0. The molecule has 0 saturated heterocycles. The molecule has 0 spiro atoms. The Morgan fingerprint density at radius 1 is 1.16 bits per heavy atom. The van der Waals surface area contributed by atoms with Crippen molar-refractivity contribution < 1.29 is 12.8 Å². The Labute approximate surface area is 148 Å². The number of hydrogen-bond donors (Lipinski definition) is 1. The Morgan fingerprint density at radius 3 is 2.64 bits per heavy atom. The monoisotopic (exact) mass is 362 g/mol. The van der Waals surface area contributed by atoms with Crippen molar-refractivity contribution in [1.82, 2.24) is 4.90 Å². The average molecular weight is 362 g/mol. The highest BCUT2D eigenvalue weighted by atomic mass is 32.2. The fourth-order valence-corrected chi connectivity index (χ4v) is 4.49. The van der Waals surface area contributed by atoms with Crippen LogP contribution in [-0.4, -0.2) is 19.4 Å². The molecular weight excluding hydrogens is 339 g/mol. The van der Waals surface area contributed by atoms with Gasteiger partial charge < -0.3 is 0 Å². The second kappa shape index (κ2) is 7.14. The van der Waals surface area contributed by atoms with Crippen molar-refractivity contribution in [3.63, 3.8) is 0 Å². The molecule has 2 aromatic carbocycles. The summed E-state index contributed by atoms with van der Waals surface area (Å²) in [5.41, 5.74) is 2.63. The van der Waals surface area contributed by atoms with Crippen LogP contribution in [0.2, 0.25) is 0 Å². The van der Waals surface area contributed by atoms with Gasteiger partial charge in [-0.15, -0.1) is 0 Å². The Morgan fingerprint density at radius 2 is 1.92 bits per heavy atom. The van der Waals surface area contributed by atoms with E-state index in [1.165, 1.54) is 18.2 Å². The van der Waals surface area contributed by atoms with Gasteiger partial charge in [0.25, 0.3) is 10.0 Å². The van der Waals surface area contributed by atoms with E-state index in [0.717, 1.165) is 36.6 Å². The first-order valence-corrected chi connectivity index (χ1v) is 10.0. The van der Waals surface area contributed by atoms with Crippen LogP contribution >= 0.6 is 0 Å². The molecule has 134 valence electrons. The van der Waals surface area contributed by atoms with E-state index < -0.39 is 15.8 Å². The Kier molecular flexibility index (Phi) is 5.11. The summed E-state index contributed by atoms with van der Waals surface area (Å²) in [5.74, 6) is -0.749. The minimum Gasteiger partial charge on any atom is -0.292 e. The highest BCUT2D eigenvalue weighted by molar-refractivity contribution is 7.92. The summed E-state index contributed by atoms with van der Waals surface area (Å²) in [5, 5.41) is 0. The standard InChI is InChI=1S/C19H23FN2O2S/c1-3-7-14(2)22-12-15-8-6-10-18(16(15)13-22)21-25(23,24)19-11-5-4-9-17(19)20/h4-6,8-11,14,21H,3,7,12-13H2,1-2H3. The highest BCUT2D eigenvalue weighted by Crippen LogP contribution is 2.32. The lowest BCUT2D eigenvalue weighted by Crippen LogP contribution is -2.27. The summed E-state index contributed by atoms with van der Waals surface area (Å²) in [6, 6.07) is 11.5. The molecule has 1 atom stereocenters. The maximum atomic E-state index is 13.9. The molecule has 1 aliphatic heterocycles. The van der Waals surface area contributed by atoms with Crippen molar-refractivity contribution in [2.45, 2.75) is 50.7 Å². The van der Waals surface area contributed by atoms with Gasteiger partial charge in [-0.1, -0.05) is 37.6 Å². The summed E-state index contributed by atoms with van der Waals surface area (Å²) in [4.78, 5) is 2.01. The van der Waals surface area contributed by atoms with E-state index in [9.17, 15) is 12.8 Å². The van der Waals surface area contributed by atoms with Crippen LogP contribution < -0.4 is 4.72 Å². The molecule has 4 nitrogen and oxygen atoms in total. The Hall–Kier alpha value is -1.92. The Balaban J connectivity index is 1.87. The second-order valence-electron chi connectivity index (χ2n) is 6.52. The lowest BCUT2D eigenvalue weighted by molar-refractivity contribution is 0.202. The third kappa shape index (κ3) is 3.70. The van der Waals surface area contributed by atoms with Gasteiger partial charge in [-0.3, -0.25) is 9.62 Å². The molecule has 0 aliphatic carbocycles. The van der Waals surface area contributed by atoms with Gasteiger partial charge >= 0.3 is 0 Å². The second-order valence-corrected chi connectivity index (χ2v) is 8.17. The zero-order valence-corrected chi connectivity index (χ0v) is 15.3. The number of sulfonamides is 1. The summed E-state index contributed by atoms with van der Waals surface area (Å²) in [6.07, 6.45) is 2.21. The zero-order valence-electron chi connectivity index (χ0n) is 14.5. The lowest BCUT2D eigenvalue weighted by atomic mass is 10.1. The van der Waals surface area contributed by atoms with E-state index in [2.05, 4.69) is 23.5 Å². The third-order valence-corrected chi connectivity index (χ3v) is 6.11. The number of hydrogen-bond acceptors (Lipinski definition) is 3. The third-order valence-electron chi connectivity index (χ3n) is 4.71. The van der Waals surface area contributed by atoms with E-state index in [1.54, 1.807) is 6.07 Å². The summed E-state index contributed by atoms with van der Waals surface area (Å²) in [6.45, 7) is 5.87. The molecule has 0 amide bonds. The molecule has 2 aromatic rings. The maximum Gasteiger partial charge on any atom is 0.264 e. The van der Waals surface area contributed by atoms with Crippen LogP contribution in [0.4, 0.5) is 10.1 Å².